The number of fused-ring (bicyclic) bond motifs is 2. The summed E-state index contributed by atoms with van der Waals surface area (Å²) in [5.74, 6) is -0.758. The zero-order chi connectivity index (χ0) is 20.8. The van der Waals surface area contributed by atoms with Crippen LogP contribution in [0, 0.1) is 0 Å². The molecule has 2 aliphatic heterocycles. The molecule has 3 aromatic heterocycles. The van der Waals surface area contributed by atoms with Crippen LogP contribution in [0.15, 0.2) is 30.7 Å². The van der Waals surface area contributed by atoms with E-state index in [-0.39, 0.29) is 37.1 Å². The predicted molar refractivity (Wildman–Crippen MR) is 107 cm³/mol. The van der Waals surface area contributed by atoms with Gasteiger partial charge in [-0.1, -0.05) is 0 Å². The minimum absolute atomic E-state index is 0.180. The fourth-order valence-corrected chi connectivity index (χ4v) is 4.00. The molecule has 5 heterocycles. The smallest absolute Gasteiger partial charge is 0.243 e. The maximum Gasteiger partial charge on any atom is 0.243 e. The molecule has 1 fully saturated rings. The lowest BCUT2D eigenvalue weighted by Crippen LogP contribution is -2.44. The van der Waals surface area contributed by atoms with Crippen LogP contribution in [0.25, 0.3) is 22.2 Å². The van der Waals surface area contributed by atoms with Gasteiger partial charge in [0.25, 0.3) is 0 Å². The molecule has 30 heavy (non-hydrogen) atoms. The molecule has 0 spiro atoms. The van der Waals surface area contributed by atoms with Crippen LogP contribution in [-0.4, -0.2) is 60.4 Å². The molecule has 9 heteroatoms. The highest BCUT2D eigenvalue weighted by molar-refractivity contribution is 6.04. The first kappa shape index (κ1) is 18.4. The number of amides is 3. The second-order valence-corrected chi connectivity index (χ2v) is 7.71. The minimum atomic E-state index is -0.271. The fraction of sp³-hybridized carbons (Fsp3) is 0.333. The molecular formula is C21H20N6O3. The summed E-state index contributed by atoms with van der Waals surface area (Å²) in [7, 11) is 1.87. The molecule has 3 aromatic rings. The molecule has 152 valence electrons. The number of hydrogen-bond acceptors (Lipinski definition) is 6. The van der Waals surface area contributed by atoms with Crippen LogP contribution < -0.4 is 0 Å². The Hall–Kier alpha value is -3.62. The molecule has 9 nitrogen and oxygen atoms in total. The third kappa shape index (κ3) is 3.22. The topological polar surface area (TPSA) is 101 Å². The largest absolute Gasteiger partial charge is 0.336 e. The average molecular weight is 404 g/mol. The minimum Gasteiger partial charge on any atom is -0.336 e. The van der Waals surface area contributed by atoms with Crippen LogP contribution in [-0.2, 0) is 34.4 Å². The van der Waals surface area contributed by atoms with Gasteiger partial charge in [0.2, 0.25) is 17.7 Å². The number of aryl methyl sites for hydroxylation is 1. The predicted octanol–water partition coefficient (Wildman–Crippen LogP) is 1.06. The standard InChI is InChI=1S/C21H20N6O3/c1-25-10-16(9-23-25)14-6-13-7-15-11-26(5-4-17(15)24-21(13)22-8-14)20(30)12-27-18(28)2-3-19(27)29/h6-10H,2-5,11-12H2,1H3. The Bertz CT molecular complexity index is 1180. The van der Waals surface area contributed by atoms with Crippen molar-refractivity contribution in [3.8, 4) is 11.1 Å². The number of aromatic nitrogens is 4. The quantitative estimate of drug-likeness (QED) is 0.605. The number of carbonyl (C=O) groups excluding carboxylic acids is 3. The molecule has 0 atom stereocenters. The number of likely N-dealkylation sites (tertiary alicyclic amines) is 1. The van der Waals surface area contributed by atoms with E-state index in [2.05, 4.69) is 15.1 Å². The molecule has 0 bridgehead atoms. The molecule has 1 saturated heterocycles. The van der Waals surface area contributed by atoms with E-state index in [9.17, 15) is 14.4 Å². The lowest BCUT2D eigenvalue weighted by atomic mass is 10.0. The van der Waals surface area contributed by atoms with Gasteiger partial charge in [-0.3, -0.25) is 24.0 Å². The van der Waals surface area contributed by atoms with E-state index >= 15 is 0 Å². The van der Waals surface area contributed by atoms with E-state index in [0.29, 0.717) is 25.2 Å². The van der Waals surface area contributed by atoms with Crippen molar-refractivity contribution in [2.45, 2.75) is 25.8 Å². The molecule has 2 aliphatic rings. The number of rotatable bonds is 3. The molecule has 3 amide bonds. The molecule has 0 N–H and O–H groups in total. The van der Waals surface area contributed by atoms with Crippen molar-refractivity contribution < 1.29 is 14.4 Å². The monoisotopic (exact) mass is 404 g/mol. The van der Waals surface area contributed by atoms with Crippen molar-refractivity contribution in [3.05, 3.63) is 42.0 Å². The third-order valence-corrected chi connectivity index (χ3v) is 5.66. The maximum atomic E-state index is 12.7. The zero-order valence-electron chi connectivity index (χ0n) is 16.5. The lowest BCUT2D eigenvalue weighted by Gasteiger charge is -2.29. The Labute approximate surface area is 172 Å². The van der Waals surface area contributed by atoms with E-state index in [1.807, 2.05) is 25.4 Å². The molecule has 0 aromatic carbocycles. The van der Waals surface area contributed by atoms with Gasteiger partial charge in [-0.05, 0) is 17.7 Å². The first-order valence-corrected chi connectivity index (χ1v) is 9.86. The summed E-state index contributed by atoms with van der Waals surface area (Å²) >= 11 is 0. The number of hydrogen-bond donors (Lipinski definition) is 0. The highest BCUT2D eigenvalue weighted by Crippen LogP contribution is 2.26. The van der Waals surface area contributed by atoms with Crippen LogP contribution in [0.5, 0.6) is 0 Å². The summed E-state index contributed by atoms with van der Waals surface area (Å²) < 4.78 is 1.74. The average Bonchev–Trinajstić information content (AvgIpc) is 3.31. The summed E-state index contributed by atoms with van der Waals surface area (Å²) in [5.41, 5.74) is 4.50. The van der Waals surface area contributed by atoms with Crippen LogP contribution in [0.4, 0.5) is 0 Å². The highest BCUT2D eigenvalue weighted by atomic mass is 16.2. The van der Waals surface area contributed by atoms with Crippen molar-refractivity contribution in [3.63, 3.8) is 0 Å². The number of imide groups is 1. The van der Waals surface area contributed by atoms with Crippen molar-refractivity contribution in [1.82, 2.24) is 29.5 Å². The maximum absolute atomic E-state index is 12.7. The first-order chi connectivity index (χ1) is 14.5. The van der Waals surface area contributed by atoms with E-state index in [1.54, 1.807) is 22.0 Å². The summed E-state index contributed by atoms with van der Waals surface area (Å²) in [5, 5.41) is 5.10. The van der Waals surface area contributed by atoms with Gasteiger partial charge in [-0.25, -0.2) is 9.97 Å². The van der Waals surface area contributed by atoms with Crippen molar-refractivity contribution in [2.24, 2.45) is 7.05 Å². The molecule has 0 aliphatic carbocycles. The van der Waals surface area contributed by atoms with Crippen molar-refractivity contribution in [2.75, 3.05) is 13.1 Å². The van der Waals surface area contributed by atoms with E-state index < -0.39 is 0 Å². The number of pyridine rings is 2. The van der Waals surface area contributed by atoms with E-state index in [1.165, 1.54) is 0 Å². The van der Waals surface area contributed by atoms with E-state index in [4.69, 9.17) is 0 Å². The SMILES string of the molecule is Cn1cc(-c2cnc3nc4c(cc3c2)CN(C(=O)CN2C(=O)CCC2=O)CC4)cn1. The molecule has 0 saturated carbocycles. The molecule has 0 radical (unpaired) electrons. The van der Waals surface area contributed by atoms with Gasteiger partial charge < -0.3 is 4.90 Å². The summed E-state index contributed by atoms with van der Waals surface area (Å²) in [6, 6.07) is 4.05. The Balaban J connectivity index is 1.39. The Morgan fingerprint density at radius 2 is 1.87 bits per heavy atom. The van der Waals surface area contributed by atoms with Gasteiger partial charge in [0.1, 0.15) is 6.54 Å². The number of nitrogens with zero attached hydrogens (tertiary/aromatic N) is 6. The fourth-order valence-electron chi connectivity index (χ4n) is 4.00. The molecule has 0 unspecified atom stereocenters. The van der Waals surface area contributed by atoms with Crippen molar-refractivity contribution in [1.29, 1.82) is 0 Å². The summed E-state index contributed by atoms with van der Waals surface area (Å²) in [6.45, 7) is 0.736. The van der Waals surface area contributed by atoms with Crippen LogP contribution in [0.3, 0.4) is 0 Å². The molecule has 5 rings (SSSR count). The van der Waals surface area contributed by atoms with Gasteiger partial charge in [0.05, 0.1) is 6.20 Å². The van der Waals surface area contributed by atoms with E-state index in [0.717, 1.165) is 32.7 Å². The lowest BCUT2D eigenvalue weighted by molar-refractivity contribution is -0.145. The summed E-state index contributed by atoms with van der Waals surface area (Å²) in [6.07, 6.45) is 6.51. The first-order valence-electron chi connectivity index (χ1n) is 9.86. The molecular weight excluding hydrogens is 384 g/mol. The van der Waals surface area contributed by atoms with Gasteiger partial charge in [0.15, 0.2) is 5.65 Å². The van der Waals surface area contributed by atoms with Gasteiger partial charge >= 0.3 is 0 Å². The van der Waals surface area contributed by atoms with Crippen LogP contribution in [0.2, 0.25) is 0 Å². The number of carbonyl (C=O) groups is 3. The second-order valence-electron chi connectivity index (χ2n) is 7.71. The van der Waals surface area contributed by atoms with Gasteiger partial charge in [0, 0.05) is 74.0 Å². The van der Waals surface area contributed by atoms with Gasteiger partial charge in [-0.2, -0.15) is 5.10 Å². The second kappa shape index (κ2) is 7.01. The van der Waals surface area contributed by atoms with Crippen LogP contribution >= 0.6 is 0 Å². The summed E-state index contributed by atoms with van der Waals surface area (Å²) in [4.78, 5) is 48.3. The Morgan fingerprint density at radius 1 is 1.07 bits per heavy atom. The zero-order valence-corrected chi connectivity index (χ0v) is 16.5. The normalized spacial score (nSPS) is 16.4. The Morgan fingerprint density at radius 3 is 2.60 bits per heavy atom. The van der Waals surface area contributed by atoms with Crippen molar-refractivity contribution >= 4 is 28.8 Å². The van der Waals surface area contributed by atoms with Crippen LogP contribution in [0.1, 0.15) is 24.1 Å². The Kier molecular flexibility index (Phi) is 4.30. The van der Waals surface area contributed by atoms with Gasteiger partial charge in [-0.15, -0.1) is 0 Å². The highest BCUT2D eigenvalue weighted by Gasteiger charge is 2.32. The third-order valence-electron chi connectivity index (χ3n) is 5.66.